The number of alkyl halides is 3. The van der Waals surface area contributed by atoms with Gasteiger partial charge in [0, 0.05) is 18.3 Å². The van der Waals surface area contributed by atoms with Crippen LogP contribution in [0.1, 0.15) is 6.92 Å². The molecular formula is C8H10F3N. The van der Waals surface area contributed by atoms with E-state index in [4.69, 9.17) is 0 Å². The lowest BCUT2D eigenvalue weighted by Crippen LogP contribution is -2.08. The first-order valence-corrected chi connectivity index (χ1v) is 3.25. The first kappa shape index (κ1) is 10.9. The molecule has 0 bridgehead atoms. The minimum absolute atomic E-state index is 0.528. The third-order valence-electron chi connectivity index (χ3n) is 1.24. The Balaban J connectivity index is 4.29. The molecule has 0 saturated heterocycles. The molecule has 0 radical (unpaired) electrons. The van der Waals surface area contributed by atoms with Crippen LogP contribution in [0.25, 0.3) is 0 Å². The van der Waals surface area contributed by atoms with Gasteiger partial charge in [0.2, 0.25) is 0 Å². The summed E-state index contributed by atoms with van der Waals surface area (Å²) in [5, 5.41) is 0. The molecule has 0 unspecified atom stereocenters. The molecule has 0 aliphatic rings. The molecule has 0 fully saturated rings. The van der Waals surface area contributed by atoms with Gasteiger partial charge < -0.3 is 0 Å². The summed E-state index contributed by atoms with van der Waals surface area (Å²) in [5.74, 6) is 0. The van der Waals surface area contributed by atoms with Gasteiger partial charge in [0.25, 0.3) is 0 Å². The molecule has 68 valence electrons. The molecule has 0 amide bonds. The van der Waals surface area contributed by atoms with E-state index in [-0.39, 0.29) is 0 Å². The van der Waals surface area contributed by atoms with Crippen molar-refractivity contribution in [3.8, 4) is 0 Å². The second-order valence-electron chi connectivity index (χ2n) is 2.22. The number of rotatable bonds is 2. The Bertz CT molecular complexity index is 223. The van der Waals surface area contributed by atoms with Gasteiger partial charge in [0.1, 0.15) is 0 Å². The van der Waals surface area contributed by atoms with Crippen molar-refractivity contribution in [3.05, 3.63) is 24.3 Å². The Kier molecular flexibility index (Phi) is 3.73. The average molecular weight is 177 g/mol. The third-order valence-corrected chi connectivity index (χ3v) is 1.24. The normalized spacial score (nSPS) is 13.9. The van der Waals surface area contributed by atoms with Crippen molar-refractivity contribution in [1.29, 1.82) is 0 Å². The fourth-order valence-electron chi connectivity index (χ4n) is 0.390. The van der Waals surface area contributed by atoms with Crippen molar-refractivity contribution in [1.82, 2.24) is 0 Å². The van der Waals surface area contributed by atoms with E-state index in [9.17, 15) is 13.2 Å². The zero-order chi connectivity index (χ0) is 9.78. The standard InChI is InChI=1S/C8H10F3N/c1-6(8(9,10)11)4-5-7(2)12-3/h4-5H,1H2,2-3H3/b5-4-,12-7?. The Morgan fingerprint density at radius 1 is 1.33 bits per heavy atom. The second kappa shape index (κ2) is 4.09. The highest BCUT2D eigenvalue weighted by Crippen LogP contribution is 2.24. The van der Waals surface area contributed by atoms with E-state index in [1.807, 2.05) is 0 Å². The highest BCUT2D eigenvalue weighted by molar-refractivity contribution is 5.93. The second-order valence-corrected chi connectivity index (χ2v) is 2.22. The molecule has 1 nitrogen and oxygen atoms in total. The average Bonchev–Trinajstić information content (AvgIpc) is 1.97. The van der Waals surface area contributed by atoms with E-state index >= 15 is 0 Å². The van der Waals surface area contributed by atoms with Crippen LogP contribution in [-0.4, -0.2) is 18.9 Å². The lowest BCUT2D eigenvalue weighted by Gasteiger charge is -2.03. The zero-order valence-electron chi connectivity index (χ0n) is 6.94. The van der Waals surface area contributed by atoms with E-state index in [2.05, 4.69) is 11.6 Å². The van der Waals surface area contributed by atoms with Gasteiger partial charge in [-0.2, -0.15) is 13.2 Å². The summed E-state index contributed by atoms with van der Waals surface area (Å²) in [7, 11) is 1.51. The summed E-state index contributed by atoms with van der Waals surface area (Å²) in [6.07, 6.45) is -2.16. The molecule has 0 rings (SSSR count). The summed E-state index contributed by atoms with van der Waals surface area (Å²) < 4.78 is 35.4. The molecule has 0 aromatic carbocycles. The van der Waals surface area contributed by atoms with E-state index in [1.165, 1.54) is 13.1 Å². The molecule has 0 heterocycles. The molecule has 0 aromatic rings. The van der Waals surface area contributed by atoms with Gasteiger partial charge in [-0.1, -0.05) is 6.58 Å². The fourth-order valence-corrected chi connectivity index (χ4v) is 0.390. The highest BCUT2D eigenvalue weighted by Gasteiger charge is 2.29. The van der Waals surface area contributed by atoms with Crippen molar-refractivity contribution < 1.29 is 13.2 Å². The van der Waals surface area contributed by atoms with Crippen LogP contribution in [0.3, 0.4) is 0 Å². The fraction of sp³-hybridized carbons (Fsp3) is 0.375. The van der Waals surface area contributed by atoms with Crippen LogP contribution in [-0.2, 0) is 0 Å². The lowest BCUT2D eigenvalue weighted by atomic mass is 10.2. The van der Waals surface area contributed by atoms with Crippen LogP contribution < -0.4 is 0 Å². The quantitative estimate of drug-likeness (QED) is 0.454. The largest absolute Gasteiger partial charge is 0.415 e. The van der Waals surface area contributed by atoms with Crippen molar-refractivity contribution >= 4 is 5.71 Å². The number of halogens is 3. The monoisotopic (exact) mass is 177 g/mol. The van der Waals surface area contributed by atoms with E-state index in [0.29, 0.717) is 5.71 Å². The van der Waals surface area contributed by atoms with Crippen LogP contribution in [0, 0.1) is 0 Å². The Labute approximate surface area is 69.3 Å². The zero-order valence-corrected chi connectivity index (χ0v) is 6.94. The first-order chi connectivity index (χ1) is 5.38. The lowest BCUT2D eigenvalue weighted by molar-refractivity contribution is -0.0877. The van der Waals surface area contributed by atoms with E-state index in [1.54, 1.807) is 6.92 Å². The van der Waals surface area contributed by atoms with Gasteiger partial charge in [0.15, 0.2) is 0 Å². The maximum absolute atomic E-state index is 11.8. The van der Waals surface area contributed by atoms with Crippen LogP contribution in [0.5, 0.6) is 0 Å². The maximum Gasteiger partial charge on any atom is 0.415 e. The molecule has 0 spiro atoms. The smallest absolute Gasteiger partial charge is 0.293 e. The predicted octanol–water partition coefficient (Wildman–Crippen LogP) is 2.75. The minimum Gasteiger partial charge on any atom is -0.293 e. The van der Waals surface area contributed by atoms with Crippen LogP contribution in [0.4, 0.5) is 13.2 Å². The number of aliphatic imine (C=N–C) groups is 1. The van der Waals surface area contributed by atoms with Gasteiger partial charge in [-0.05, 0) is 19.1 Å². The predicted molar refractivity (Wildman–Crippen MR) is 43.4 cm³/mol. The van der Waals surface area contributed by atoms with E-state index < -0.39 is 11.7 Å². The summed E-state index contributed by atoms with van der Waals surface area (Å²) >= 11 is 0. The van der Waals surface area contributed by atoms with Gasteiger partial charge in [-0.25, -0.2) is 0 Å². The van der Waals surface area contributed by atoms with Crippen molar-refractivity contribution in [2.45, 2.75) is 13.1 Å². The number of hydrogen-bond donors (Lipinski definition) is 0. The molecule has 12 heavy (non-hydrogen) atoms. The maximum atomic E-state index is 11.8. The van der Waals surface area contributed by atoms with Gasteiger partial charge >= 0.3 is 6.18 Å². The molecule has 4 heteroatoms. The van der Waals surface area contributed by atoms with Crippen molar-refractivity contribution in [2.24, 2.45) is 4.99 Å². The summed E-state index contributed by atoms with van der Waals surface area (Å²) in [4.78, 5) is 3.66. The SMILES string of the molecule is C=C(/C=C\C(C)=NC)C(F)(F)F. The van der Waals surface area contributed by atoms with Crippen LogP contribution in [0.2, 0.25) is 0 Å². The Morgan fingerprint density at radius 3 is 2.17 bits per heavy atom. The molecule has 0 atom stereocenters. The van der Waals surface area contributed by atoms with Gasteiger partial charge in [-0.3, -0.25) is 4.99 Å². The first-order valence-electron chi connectivity index (χ1n) is 3.25. The minimum atomic E-state index is -4.34. The Morgan fingerprint density at radius 2 is 1.83 bits per heavy atom. The van der Waals surface area contributed by atoms with Crippen LogP contribution >= 0.6 is 0 Å². The Hall–Kier alpha value is -1.06. The molecule has 0 aliphatic carbocycles. The summed E-state index contributed by atoms with van der Waals surface area (Å²) in [6.45, 7) is 4.48. The topological polar surface area (TPSA) is 12.4 Å². The van der Waals surface area contributed by atoms with E-state index in [0.717, 1.165) is 6.08 Å². The number of nitrogens with zero attached hydrogens (tertiary/aromatic N) is 1. The van der Waals surface area contributed by atoms with Gasteiger partial charge in [-0.15, -0.1) is 0 Å². The van der Waals surface area contributed by atoms with Crippen LogP contribution in [0.15, 0.2) is 29.3 Å². The molecular weight excluding hydrogens is 167 g/mol. The number of hydrogen-bond acceptors (Lipinski definition) is 1. The molecule has 0 aromatic heterocycles. The van der Waals surface area contributed by atoms with Crippen molar-refractivity contribution in [2.75, 3.05) is 7.05 Å². The summed E-state index contributed by atoms with van der Waals surface area (Å²) in [5.41, 5.74) is -0.342. The summed E-state index contributed by atoms with van der Waals surface area (Å²) in [6, 6.07) is 0. The molecule has 0 N–H and O–H groups in total. The third kappa shape index (κ3) is 3.95. The highest BCUT2D eigenvalue weighted by atomic mass is 19.4. The molecule has 0 aliphatic heterocycles. The number of allylic oxidation sites excluding steroid dienone is 3. The van der Waals surface area contributed by atoms with Crippen molar-refractivity contribution in [3.63, 3.8) is 0 Å². The van der Waals surface area contributed by atoms with Gasteiger partial charge in [0.05, 0.1) is 0 Å². The molecule has 0 saturated carbocycles.